The van der Waals surface area contributed by atoms with Gasteiger partial charge in [-0.2, -0.15) is 0 Å². The molecule has 0 bridgehead atoms. The van der Waals surface area contributed by atoms with Crippen LogP contribution in [0.5, 0.6) is 11.5 Å². The van der Waals surface area contributed by atoms with E-state index in [-0.39, 0.29) is 5.91 Å². The van der Waals surface area contributed by atoms with Crippen LogP contribution in [0, 0.1) is 5.92 Å². The molecule has 1 N–H and O–H groups in total. The topological polar surface area (TPSA) is 47.6 Å². The van der Waals surface area contributed by atoms with E-state index in [0.29, 0.717) is 42.2 Å². The molecule has 0 aliphatic heterocycles. The third kappa shape index (κ3) is 4.65. The summed E-state index contributed by atoms with van der Waals surface area (Å²) in [6, 6.07) is 5.74. The predicted octanol–water partition coefficient (Wildman–Crippen LogP) is 3.79. The third-order valence-corrected chi connectivity index (χ3v) is 3.77. The van der Waals surface area contributed by atoms with Crippen LogP contribution < -0.4 is 14.8 Å². The van der Waals surface area contributed by atoms with Crippen LogP contribution in [0.2, 0.25) is 0 Å². The van der Waals surface area contributed by atoms with Gasteiger partial charge in [0.25, 0.3) is 5.91 Å². The minimum atomic E-state index is -0.0248. The molecule has 22 heavy (non-hydrogen) atoms. The quantitative estimate of drug-likeness (QED) is 0.833. The van der Waals surface area contributed by atoms with Gasteiger partial charge in [-0.1, -0.05) is 26.7 Å². The Kier molecular flexibility index (Phi) is 6.10. The van der Waals surface area contributed by atoms with Gasteiger partial charge >= 0.3 is 0 Å². The summed E-state index contributed by atoms with van der Waals surface area (Å²) in [4.78, 5) is 12.3. The second-order valence-corrected chi connectivity index (χ2v) is 6.25. The summed E-state index contributed by atoms with van der Waals surface area (Å²) in [5, 5.41) is 3.10. The Hall–Kier alpha value is -1.71. The summed E-state index contributed by atoms with van der Waals surface area (Å²) in [6.07, 6.45) is 4.58. The van der Waals surface area contributed by atoms with Crippen molar-refractivity contribution in [2.24, 2.45) is 5.92 Å². The molecule has 4 nitrogen and oxygen atoms in total. The fourth-order valence-corrected chi connectivity index (χ4v) is 2.63. The molecule has 1 fully saturated rings. The molecule has 1 saturated carbocycles. The van der Waals surface area contributed by atoms with Gasteiger partial charge in [0.1, 0.15) is 0 Å². The van der Waals surface area contributed by atoms with Crippen LogP contribution in [-0.4, -0.2) is 25.2 Å². The Morgan fingerprint density at radius 1 is 1.23 bits per heavy atom. The molecular formula is C18H27NO3. The van der Waals surface area contributed by atoms with Crippen LogP contribution >= 0.6 is 0 Å². The number of rotatable bonds is 7. The molecule has 0 saturated heterocycles. The molecule has 0 spiro atoms. The first kappa shape index (κ1) is 16.7. The number of carbonyl (C=O) groups excluding carboxylic acids is 1. The highest BCUT2D eigenvalue weighted by atomic mass is 16.5. The van der Waals surface area contributed by atoms with Crippen LogP contribution in [0.3, 0.4) is 0 Å². The van der Waals surface area contributed by atoms with E-state index in [2.05, 4.69) is 19.2 Å². The number of benzene rings is 1. The number of hydrogen-bond donors (Lipinski definition) is 1. The van der Waals surface area contributed by atoms with E-state index in [9.17, 15) is 4.79 Å². The minimum absolute atomic E-state index is 0.0248. The molecule has 0 unspecified atom stereocenters. The third-order valence-electron chi connectivity index (χ3n) is 3.77. The number of nitrogens with one attached hydrogen (secondary N) is 1. The van der Waals surface area contributed by atoms with E-state index < -0.39 is 0 Å². The maximum atomic E-state index is 12.3. The monoisotopic (exact) mass is 305 g/mol. The predicted molar refractivity (Wildman–Crippen MR) is 87.7 cm³/mol. The highest BCUT2D eigenvalue weighted by Crippen LogP contribution is 2.29. The molecule has 1 aliphatic rings. The van der Waals surface area contributed by atoms with Gasteiger partial charge in [0.05, 0.1) is 13.2 Å². The molecular weight excluding hydrogens is 278 g/mol. The summed E-state index contributed by atoms with van der Waals surface area (Å²) in [6.45, 7) is 7.31. The first-order valence-electron chi connectivity index (χ1n) is 8.30. The van der Waals surface area contributed by atoms with Crippen molar-refractivity contribution in [1.29, 1.82) is 0 Å². The van der Waals surface area contributed by atoms with Crippen LogP contribution in [0.25, 0.3) is 0 Å². The first-order valence-corrected chi connectivity index (χ1v) is 8.30. The maximum Gasteiger partial charge on any atom is 0.251 e. The fourth-order valence-electron chi connectivity index (χ4n) is 2.63. The van der Waals surface area contributed by atoms with Crippen molar-refractivity contribution in [1.82, 2.24) is 5.32 Å². The van der Waals surface area contributed by atoms with Crippen LogP contribution in [0.15, 0.2) is 18.2 Å². The first-order chi connectivity index (χ1) is 10.6. The largest absolute Gasteiger partial charge is 0.490 e. The van der Waals surface area contributed by atoms with Gasteiger partial charge < -0.3 is 14.8 Å². The van der Waals surface area contributed by atoms with Gasteiger partial charge in [0.2, 0.25) is 0 Å². The van der Waals surface area contributed by atoms with Crippen molar-refractivity contribution < 1.29 is 14.3 Å². The van der Waals surface area contributed by atoms with E-state index in [1.807, 2.05) is 19.1 Å². The Labute approximate surface area is 133 Å². The Bertz CT molecular complexity index is 493. The minimum Gasteiger partial charge on any atom is -0.490 e. The standard InChI is InChI=1S/C18H27NO3/c1-4-21-17-11-14(9-10-16(17)22-12-13(2)3)18(20)19-15-7-5-6-8-15/h9-11,13,15H,4-8,12H2,1-3H3,(H,19,20). The number of amides is 1. The lowest BCUT2D eigenvalue weighted by molar-refractivity contribution is 0.0937. The number of hydrogen-bond acceptors (Lipinski definition) is 3. The van der Waals surface area contributed by atoms with Gasteiger partial charge in [-0.05, 0) is 43.9 Å². The summed E-state index contributed by atoms with van der Waals surface area (Å²) in [5.74, 6) is 1.76. The molecule has 0 radical (unpaired) electrons. The number of ether oxygens (including phenoxy) is 2. The Morgan fingerprint density at radius 2 is 1.95 bits per heavy atom. The van der Waals surface area contributed by atoms with Crippen molar-refractivity contribution in [3.05, 3.63) is 23.8 Å². The van der Waals surface area contributed by atoms with Crippen LogP contribution in [0.4, 0.5) is 0 Å². The summed E-state index contributed by atoms with van der Waals surface area (Å²) < 4.78 is 11.4. The smallest absolute Gasteiger partial charge is 0.251 e. The molecule has 0 heterocycles. The lowest BCUT2D eigenvalue weighted by atomic mass is 10.1. The highest BCUT2D eigenvalue weighted by Gasteiger charge is 2.19. The fraction of sp³-hybridized carbons (Fsp3) is 0.611. The molecule has 4 heteroatoms. The highest BCUT2D eigenvalue weighted by molar-refractivity contribution is 5.95. The SMILES string of the molecule is CCOc1cc(C(=O)NC2CCCC2)ccc1OCC(C)C. The van der Waals surface area contributed by atoms with Gasteiger partial charge in [-0.25, -0.2) is 0 Å². The van der Waals surface area contributed by atoms with Gasteiger partial charge in [-0.3, -0.25) is 4.79 Å². The van der Waals surface area contributed by atoms with Crippen molar-refractivity contribution in [2.45, 2.75) is 52.5 Å². The Morgan fingerprint density at radius 3 is 2.59 bits per heavy atom. The molecule has 0 aromatic heterocycles. The molecule has 2 rings (SSSR count). The zero-order valence-corrected chi connectivity index (χ0v) is 13.9. The zero-order chi connectivity index (χ0) is 15.9. The summed E-state index contributed by atoms with van der Waals surface area (Å²) >= 11 is 0. The van der Waals surface area contributed by atoms with Gasteiger partial charge in [0.15, 0.2) is 11.5 Å². The van der Waals surface area contributed by atoms with Gasteiger partial charge in [-0.15, -0.1) is 0 Å². The lowest BCUT2D eigenvalue weighted by Crippen LogP contribution is -2.32. The molecule has 1 amide bonds. The molecule has 1 aromatic carbocycles. The van der Waals surface area contributed by atoms with E-state index in [4.69, 9.17) is 9.47 Å². The molecule has 1 aliphatic carbocycles. The van der Waals surface area contributed by atoms with Crippen molar-refractivity contribution in [3.63, 3.8) is 0 Å². The molecule has 122 valence electrons. The summed E-state index contributed by atoms with van der Waals surface area (Å²) in [7, 11) is 0. The van der Waals surface area contributed by atoms with Crippen LogP contribution in [-0.2, 0) is 0 Å². The summed E-state index contributed by atoms with van der Waals surface area (Å²) in [5.41, 5.74) is 0.632. The van der Waals surface area contributed by atoms with Crippen LogP contribution in [0.1, 0.15) is 56.8 Å². The number of carbonyl (C=O) groups is 1. The second kappa shape index (κ2) is 8.06. The van der Waals surface area contributed by atoms with E-state index in [1.54, 1.807) is 6.07 Å². The van der Waals surface area contributed by atoms with Crippen molar-refractivity contribution in [2.75, 3.05) is 13.2 Å². The van der Waals surface area contributed by atoms with E-state index in [0.717, 1.165) is 12.8 Å². The average molecular weight is 305 g/mol. The van der Waals surface area contributed by atoms with Crippen molar-refractivity contribution >= 4 is 5.91 Å². The Balaban J connectivity index is 2.07. The zero-order valence-electron chi connectivity index (χ0n) is 13.9. The van der Waals surface area contributed by atoms with E-state index in [1.165, 1.54) is 12.8 Å². The van der Waals surface area contributed by atoms with E-state index >= 15 is 0 Å². The molecule has 0 atom stereocenters. The van der Waals surface area contributed by atoms with Crippen molar-refractivity contribution in [3.8, 4) is 11.5 Å². The lowest BCUT2D eigenvalue weighted by Gasteiger charge is -2.16. The second-order valence-electron chi connectivity index (χ2n) is 6.25. The van der Waals surface area contributed by atoms with Gasteiger partial charge in [0, 0.05) is 11.6 Å². The maximum absolute atomic E-state index is 12.3. The molecule has 1 aromatic rings. The average Bonchev–Trinajstić information content (AvgIpc) is 2.99. The normalized spacial score (nSPS) is 15.1.